The molecule has 3 aliphatic heterocycles. The Labute approximate surface area is 208 Å². The summed E-state index contributed by atoms with van der Waals surface area (Å²) in [4.78, 5) is 49.8. The maximum Gasteiger partial charge on any atom is 0.255 e. The quantitative estimate of drug-likeness (QED) is 0.449. The van der Waals surface area contributed by atoms with Crippen LogP contribution in [0, 0.1) is 17.8 Å². The van der Waals surface area contributed by atoms with Crippen molar-refractivity contribution in [1.29, 1.82) is 0 Å². The van der Waals surface area contributed by atoms with E-state index in [9.17, 15) is 14.4 Å². The molecule has 2 aromatic heterocycles. The molecule has 0 spiro atoms. The minimum absolute atomic E-state index is 0.172. The van der Waals surface area contributed by atoms with Gasteiger partial charge in [-0.05, 0) is 61.2 Å². The highest BCUT2D eigenvalue weighted by Gasteiger charge is 2.39. The maximum absolute atomic E-state index is 13.0. The fourth-order valence-corrected chi connectivity index (χ4v) is 5.26. The van der Waals surface area contributed by atoms with E-state index in [-0.39, 0.29) is 24.2 Å². The lowest BCUT2D eigenvalue weighted by molar-refractivity contribution is -0.136. The van der Waals surface area contributed by atoms with Crippen molar-refractivity contribution in [3.05, 3.63) is 65.4 Å². The Kier molecular flexibility index (Phi) is 5.61. The Morgan fingerprint density at radius 1 is 0.944 bits per heavy atom. The van der Waals surface area contributed by atoms with E-state index in [2.05, 4.69) is 27.0 Å². The van der Waals surface area contributed by atoms with E-state index in [1.165, 1.54) is 0 Å². The van der Waals surface area contributed by atoms with Gasteiger partial charge in [0.25, 0.3) is 5.91 Å². The fraction of sp³-hybridized carbons (Fsp3) is 0.321. The zero-order chi connectivity index (χ0) is 24.6. The van der Waals surface area contributed by atoms with Gasteiger partial charge in [0, 0.05) is 49.3 Å². The first kappa shape index (κ1) is 22.2. The summed E-state index contributed by atoms with van der Waals surface area (Å²) in [5.74, 6) is 7.14. The summed E-state index contributed by atoms with van der Waals surface area (Å²) >= 11 is 0. The third kappa shape index (κ3) is 4.07. The molecule has 1 N–H and O–H groups in total. The van der Waals surface area contributed by atoms with Crippen molar-refractivity contribution in [3.8, 4) is 11.8 Å². The number of carbonyl (C=O) groups excluding carboxylic acids is 3. The molecule has 2 fully saturated rings. The van der Waals surface area contributed by atoms with Crippen LogP contribution in [0.1, 0.15) is 47.2 Å². The average Bonchev–Trinajstić information content (AvgIpc) is 3.24. The van der Waals surface area contributed by atoms with Crippen molar-refractivity contribution in [1.82, 2.24) is 20.2 Å². The molecule has 3 aliphatic rings. The zero-order valence-corrected chi connectivity index (χ0v) is 19.7. The van der Waals surface area contributed by atoms with Crippen LogP contribution in [-0.4, -0.2) is 51.7 Å². The van der Waals surface area contributed by atoms with Gasteiger partial charge >= 0.3 is 0 Å². The number of fused-ring (bicyclic) bond motifs is 2. The van der Waals surface area contributed by atoms with E-state index in [1.807, 2.05) is 36.4 Å². The van der Waals surface area contributed by atoms with Crippen molar-refractivity contribution in [3.63, 3.8) is 0 Å². The molecule has 0 aliphatic carbocycles. The molecule has 0 bridgehead atoms. The molecule has 3 aromatic rings. The van der Waals surface area contributed by atoms with Gasteiger partial charge in [-0.3, -0.25) is 24.7 Å². The molecule has 2 saturated heterocycles. The smallest absolute Gasteiger partial charge is 0.255 e. The number of piperidine rings is 2. The van der Waals surface area contributed by atoms with Crippen molar-refractivity contribution in [2.45, 2.75) is 38.3 Å². The van der Waals surface area contributed by atoms with Gasteiger partial charge in [-0.25, -0.2) is 4.98 Å². The third-order valence-electron chi connectivity index (χ3n) is 7.25. The maximum atomic E-state index is 13.0. The van der Waals surface area contributed by atoms with Gasteiger partial charge in [-0.15, -0.1) is 0 Å². The van der Waals surface area contributed by atoms with Gasteiger partial charge in [0.15, 0.2) is 0 Å². The average molecular weight is 480 g/mol. The van der Waals surface area contributed by atoms with Crippen LogP contribution in [0.5, 0.6) is 0 Å². The van der Waals surface area contributed by atoms with E-state index in [0.717, 1.165) is 53.9 Å². The van der Waals surface area contributed by atoms with Crippen LogP contribution < -0.4 is 10.2 Å². The van der Waals surface area contributed by atoms with Crippen LogP contribution in [0.25, 0.3) is 11.0 Å². The molecule has 1 aromatic carbocycles. The predicted molar refractivity (Wildman–Crippen MR) is 134 cm³/mol. The molecule has 3 amide bonds. The number of pyridine rings is 2. The van der Waals surface area contributed by atoms with Crippen LogP contribution >= 0.6 is 0 Å². The number of hydrogen-bond donors (Lipinski definition) is 1. The summed E-state index contributed by atoms with van der Waals surface area (Å²) < 4.78 is 0. The first-order valence-electron chi connectivity index (χ1n) is 12.3. The minimum atomic E-state index is -0.618. The Morgan fingerprint density at radius 2 is 1.81 bits per heavy atom. The summed E-state index contributed by atoms with van der Waals surface area (Å²) in [5, 5.41) is 2.35. The highest BCUT2D eigenvalue weighted by atomic mass is 16.2. The highest BCUT2D eigenvalue weighted by molar-refractivity contribution is 6.05. The second kappa shape index (κ2) is 9.08. The number of amides is 3. The second-order valence-electron chi connectivity index (χ2n) is 9.47. The SMILES string of the molecule is O=C1CCC(N2Cc3c(C#CC4CCN(c5ccc6ncccc6n5)CC4)cccc3C2=O)C(=O)N1. The summed E-state index contributed by atoms with van der Waals surface area (Å²) in [7, 11) is 0. The monoisotopic (exact) mass is 479 g/mol. The standard InChI is InChI=1S/C28H25N5O3/c34-26-11-9-24(27(35)31-26)33-17-21-19(3-1-4-20(21)28(33)36)7-6-18-12-15-32(16-13-18)25-10-8-22-23(30-25)5-2-14-29-22/h1-5,8,10,14,18,24H,9,11-13,15-17H2,(H,31,34,35). The molecule has 1 atom stereocenters. The number of anilines is 1. The lowest BCUT2D eigenvalue weighted by atomic mass is 9.96. The fourth-order valence-electron chi connectivity index (χ4n) is 5.26. The van der Waals surface area contributed by atoms with Crippen LogP contribution in [0.3, 0.4) is 0 Å². The number of aromatic nitrogens is 2. The molecule has 0 saturated carbocycles. The predicted octanol–water partition coefficient (Wildman–Crippen LogP) is 2.66. The number of carbonyl (C=O) groups is 3. The number of imide groups is 1. The lowest BCUT2D eigenvalue weighted by Crippen LogP contribution is -2.52. The van der Waals surface area contributed by atoms with E-state index < -0.39 is 11.9 Å². The van der Waals surface area contributed by atoms with E-state index >= 15 is 0 Å². The van der Waals surface area contributed by atoms with Gasteiger partial charge in [0.2, 0.25) is 11.8 Å². The molecule has 8 nitrogen and oxygen atoms in total. The number of benzene rings is 1. The van der Waals surface area contributed by atoms with E-state index in [4.69, 9.17) is 4.98 Å². The minimum Gasteiger partial charge on any atom is -0.357 e. The molecule has 36 heavy (non-hydrogen) atoms. The van der Waals surface area contributed by atoms with Crippen molar-refractivity contribution in [2.24, 2.45) is 5.92 Å². The van der Waals surface area contributed by atoms with Crippen LogP contribution in [-0.2, 0) is 16.1 Å². The number of hydrogen-bond acceptors (Lipinski definition) is 6. The number of nitrogens with zero attached hydrogens (tertiary/aromatic N) is 4. The van der Waals surface area contributed by atoms with Crippen LogP contribution in [0.2, 0.25) is 0 Å². The first-order chi connectivity index (χ1) is 17.6. The molecular weight excluding hydrogens is 454 g/mol. The number of nitrogens with one attached hydrogen (secondary N) is 1. The van der Waals surface area contributed by atoms with Crippen LogP contribution in [0.15, 0.2) is 48.7 Å². The Hall–Kier alpha value is -4.25. The van der Waals surface area contributed by atoms with Gasteiger partial charge < -0.3 is 9.80 Å². The van der Waals surface area contributed by atoms with Gasteiger partial charge in [-0.1, -0.05) is 17.9 Å². The van der Waals surface area contributed by atoms with Gasteiger partial charge in [0.1, 0.15) is 11.9 Å². The molecule has 0 radical (unpaired) electrons. The molecule has 6 rings (SSSR count). The summed E-state index contributed by atoms with van der Waals surface area (Å²) in [6.07, 6.45) is 4.25. The Bertz CT molecular complexity index is 1450. The molecular formula is C28H25N5O3. The van der Waals surface area contributed by atoms with E-state index in [1.54, 1.807) is 17.2 Å². The van der Waals surface area contributed by atoms with Crippen LogP contribution in [0.4, 0.5) is 5.82 Å². The van der Waals surface area contributed by atoms with Gasteiger partial charge in [0.05, 0.1) is 11.0 Å². The molecule has 8 heteroatoms. The third-order valence-corrected chi connectivity index (χ3v) is 7.25. The van der Waals surface area contributed by atoms with Gasteiger partial charge in [-0.2, -0.15) is 0 Å². The summed E-state index contributed by atoms with van der Waals surface area (Å²) in [5.41, 5.74) is 4.09. The first-order valence-corrected chi connectivity index (χ1v) is 12.3. The molecule has 180 valence electrons. The Morgan fingerprint density at radius 3 is 2.64 bits per heavy atom. The summed E-state index contributed by atoms with van der Waals surface area (Å²) in [6, 6.07) is 12.9. The second-order valence-corrected chi connectivity index (χ2v) is 9.47. The topological polar surface area (TPSA) is 95.5 Å². The normalized spacial score (nSPS) is 20.2. The summed E-state index contributed by atoms with van der Waals surface area (Å²) in [6.45, 7) is 2.10. The largest absolute Gasteiger partial charge is 0.357 e. The zero-order valence-electron chi connectivity index (χ0n) is 19.7. The number of rotatable bonds is 2. The van der Waals surface area contributed by atoms with E-state index in [0.29, 0.717) is 18.5 Å². The molecule has 1 unspecified atom stereocenters. The van der Waals surface area contributed by atoms with Crippen molar-refractivity contribution < 1.29 is 14.4 Å². The van der Waals surface area contributed by atoms with Crippen molar-refractivity contribution >= 4 is 34.6 Å². The Balaban J connectivity index is 1.14. The highest BCUT2D eigenvalue weighted by Crippen LogP contribution is 2.30. The van der Waals surface area contributed by atoms with Crippen molar-refractivity contribution in [2.75, 3.05) is 18.0 Å². The lowest BCUT2D eigenvalue weighted by Gasteiger charge is -2.30. The molecule has 5 heterocycles.